The molecule has 1 nitrogen and oxygen atoms in total. The van der Waals surface area contributed by atoms with Crippen molar-refractivity contribution >= 4 is 28.9 Å². The maximum Gasteiger partial charge on any atom is 0.0641 e. The van der Waals surface area contributed by atoms with Crippen molar-refractivity contribution in [3.63, 3.8) is 0 Å². The summed E-state index contributed by atoms with van der Waals surface area (Å²) in [6.07, 6.45) is 3.46. The van der Waals surface area contributed by atoms with Crippen LogP contribution in [0.2, 0.25) is 10.0 Å². The number of hydrogen-bond acceptors (Lipinski definition) is 1. The molecule has 1 aromatic carbocycles. The lowest BCUT2D eigenvalue weighted by Crippen LogP contribution is -2.21. The summed E-state index contributed by atoms with van der Waals surface area (Å²) in [5, 5.41) is 5.03. The summed E-state index contributed by atoms with van der Waals surface area (Å²) in [5.74, 6) is 0.724. The molecule has 0 bridgehead atoms. The number of hydrogen-bond donors (Lipinski definition) is 1. The van der Waals surface area contributed by atoms with E-state index in [0.717, 1.165) is 40.1 Å². The largest absolute Gasteiger partial charge is 0.381 e. The third-order valence-corrected chi connectivity index (χ3v) is 4.20. The van der Waals surface area contributed by atoms with Crippen LogP contribution in [-0.2, 0) is 0 Å². The van der Waals surface area contributed by atoms with E-state index in [4.69, 9.17) is 23.2 Å². The Labute approximate surface area is 121 Å². The highest BCUT2D eigenvalue weighted by Crippen LogP contribution is 2.30. The molecule has 1 aromatic rings. The predicted octanol–water partition coefficient (Wildman–Crippen LogP) is 5.93. The lowest BCUT2D eigenvalue weighted by atomic mass is 9.97. The summed E-state index contributed by atoms with van der Waals surface area (Å²) in [5.41, 5.74) is 1.96. The van der Waals surface area contributed by atoms with Crippen molar-refractivity contribution in [1.29, 1.82) is 0 Å². The molecule has 0 saturated carbocycles. The third-order valence-electron chi connectivity index (χ3n) is 3.48. The number of anilines is 1. The molecular weight excluding hydrogens is 265 g/mol. The Kier molecular flexibility index (Phi) is 6.31. The lowest BCUT2D eigenvalue weighted by molar-refractivity contribution is 0.462. The van der Waals surface area contributed by atoms with Crippen molar-refractivity contribution in [3.8, 4) is 0 Å². The highest BCUT2D eigenvalue weighted by molar-refractivity contribution is 6.35. The Bertz CT molecular complexity index is 390. The molecule has 0 aliphatic carbocycles. The first-order valence-corrected chi connectivity index (χ1v) is 7.45. The van der Waals surface area contributed by atoms with E-state index in [2.05, 4.69) is 26.1 Å². The Morgan fingerprint density at radius 1 is 1.11 bits per heavy atom. The van der Waals surface area contributed by atoms with Gasteiger partial charge in [-0.1, -0.05) is 50.4 Å². The minimum Gasteiger partial charge on any atom is -0.381 e. The van der Waals surface area contributed by atoms with Gasteiger partial charge in [0.05, 0.1) is 10.7 Å². The SMILES string of the molecule is CCC(C)CC(CC)Nc1cc(Cl)c(C)cc1Cl. The molecule has 3 heteroatoms. The number of benzene rings is 1. The summed E-state index contributed by atoms with van der Waals surface area (Å²) in [6.45, 7) is 8.68. The standard InChI is InChI=1S/C15H23Cl2N/c1-5-10(3)7-12(6-2)18-15-9-13(16)11(4)8-14(15)17/h8-10,12,18H,5-7H2,1-4H3. The van der Waals surface area contributed by atoms with Gasteiger partial charge in [0.15, 0.2) is 0 Å². The Hall–Kier alpha value is -0.400. The highest BCUT2D eigenvalue weighted by Gasteiger charge is 2.12. The average molecular weight is 288 g/mol. The third kappa shape index (κ3) is 4.37. The summed E-state index contributed by atoms with van der Waals surface area (Å²) in [7, 11) is 0. The zero-order valence-corrected chi connectivity index (χ0v) is 13.2. The normalized spacial score (nSPS) is 14.3. The Morgan fingerprint density at radius 2 is 1.78 bits per heavy atom. The van der Waals surface area contributed by atoms with Gasteiger partial charge in [-0.25, -0.2) is 0 Å². The highest BCUT2D eigenvalue weighted by atomic mass is 35.5. The average Bonchev–Trinajstić information content (AvgIpc) is 2.34. The van der Waals surface area contributed by atoms with Gasteiger partial charge in [-0.15, -0.1) is 0 Å². The van der Waals surface area contributed by atoms with Gasteiger partial charge in [0, 0.05) is 11.1 Å². The van der Waals surface area contributed by atoms with Crippen LogP contribution >= 0.6 is 23.2 Å². The zero-order valence-electron chi connectivity index (χ0n) is 11.7. The van der Waals surface area contributed by atoms with E-state index >= 15 is 0 Å². The Morgan fingerprint density at radius 3 is 2.33 bits per heavy atom. The second kappa shape index (κ2) is 7.25. The van der Waals surface area contributed by atoms with Crippen molar-refractivity contribution in [2.75, 3.05) is 5.32 Å². The van der Waals surface area contributed by atoms with Crippen molar-refractivity contribution in [2.24, 2.45) is 5.92 Å². The Balaban J connectivity index is 2.78. The molecule has 0 fully saturated rings. The van der Waals surface area contributed by atoms with E-state index < -0.39 is 0 Å². The fourth-order valence-electron chi connectivity index (χ4n) is 1.96. The number of nitrogens with one attached hydrogen (secondary N) is 1. The minimum absolute atomic E-state index is 0.455. The van der Waals surface area contributed by atoms with E-state index in [1.807, 2.05) is 19.1 Å². The van der Waals surface area contributed by atoms with Crippen LogP contribution in [0.3, 0.4) is 0 Å². The number of halogens is 2. The maximum atomic E-state index is 6.25. The van der Waals surface area contributed by atoms with E-state index in [9.17, 15) is 0 Å². The van der Waals surface area contributed by atoms with Gasteiger partial charge >= 0.3 is 0 Å². The number of aryl methyl sites for hydroxylation is 1. The molecule has 2 unspecified atom stereocenters. The van der Waals surface area contributed by atoms with Gasteiger partial charge in [0.25, 0.3) is 0 Å². The molecule has 1 N–H and O–H groups in total. The molecule has 1 rings (SSSR count). The molecule has 18 heavy (non-hydrogen) atoms. The maximum absolute atomic E-state index is 6.25. The van der Waals surface area contributed by atoms with Crippen LogP contribution in [0.4, 0.5) is 5.69 Å². The van der Waals surface area contributed by atoms with Crippen LogP contribution in [0.15, 0.2) is 12.1 Å². The molecule has 0 amide bonds. The van der Waals surface area contributed by atoms with Crippen molar-refractivity contribution in [2.45, 2.75) is 53.0 Å². The smallest absolute Gasteiger partial charge is 0.0641 e. The van der Waals surface area contributed by atoms with Crippen LogP contribution in [0, 0.1) is 12.8 Å². The predicted molar refractivity (Wildman–Crippen MR) is 83.0 cm³/mol. The van der Waals surface area contributed by atoms with E-state index in [1.54, 1.807) is 0 Å². The van der Waals surface area contributed by atoms with Crippen LogP contribution in [0.25, 0.3) is 0 Å². The van der Waals surface area contributed by atoms with Gasteiger partial charge in [-0.05, 0) is 43.4 Å². The first-order valence-electron chi connectivity index (χ1n) is 6.70. The van der Waals surface area contributed by atoms with Gasteiger partial charge in [0.1, 0.15) is 0 Å². The van der Waals surface area contributed by atoms with Gasteiger partial charge < -0.3 is 5.32 Å². The van der Waals surface area contributed by atoms with Crippen molar-refractivity contribution in [3.05, 3.63) is 27.7 Å². The van der Waals surface area contributed by atoms with Crippen LogP contribution < -0.4 is 5.32 Å². The molecule has 2 atom stereocenters. The molecule has 0 aromatic heterocycles. The van der Waals surface area contributed by atoms with Crippen LogP contribution in [0.1, 0.15) is 45.6 Å². The zero-order chi connectivity index (χ0) is 13.7. The van der Waals surface area contributed by atoms with Gasteiger partial charge in [-0.2, -0.15) is 0 Å². The molecular formula is C15H23Cl2N. The van der Waals surface area contributed by atoms with E-state index in [1.165, 1.54) is 6.42 Å². The first-order chi connectivity index (χ1) is 8.47. The quantitative estimate of drug-likeness (QED) is 0.684. The number of rotatable bonds is 6. The second-order valence-electron chi connectivity index (χ2n) is 5.08. The van der Waals surface area contributed by atoms with Crippen LogP contribution in [0.5, 0.6) is 0 Å². The second-order valence-corrected chi connectivity index (χ2v) is 5.89. The summed E-state index contributed by atoms with van der Waals surface area (Å²) < 4.78 is 0. The first kappa shape index (κ1) is 15.7. The molecule has 102 valence electrons. The molecule has 0 heterocycles. The molecule has 0 spiro atoms. The fraction of sp³-hybridized carbons (Fsp3) is 0.600. The summed E-state index contributed by atoms with van der Waals surface area (Å²) in [4.78, 5) is 0. The monoisotopic (exact) mass is 287 g/mol. The van der Waals surface area contributed by atoms with E-state index in [0.29, 0.717) is 6.04 Å². The minimum atomic E-state index is 0.455. The molecule has 0 aliphatic heterocycles. The van der Waals surface area contributed by atoms with Crippen molar-refractivity contribution < 1.29 is 0 Å². The molecule has 0 aliphatic rings. The summed E-state index contributed by atoms with van der Waals surface area (Å²) >= 11 is 12.4. The van der Waals surface area contributed by atoms with Crippen molar-refractivity contribution in [1.82, 2.24) is 0 Å². The molecule has 0 saturated heterocycles. The molecule has 0 radical (unpaired) electrons. The van der Waals surface area contributed by atoms with Gasteiger partial charge in [0.2, 0.25) is 0 Å². The van der Waals surface area contributed by atoms with Crippen LogP contribution in [-0.4, -0.2) is 6.04 Å². The fourth-order valence-corrected chi connectivity index (χ4v) is 2.39. The topological polar surface area (TPSA) is 12.0 Å². The van der Waals surface area contributed by atoms with Gasteiger partial charge in [-0.3, -0.25) is 0 Å². The van der Waals surface area contributed by atoms with E-state index in [-0.39, 0.29) is 0 Å². The summed E-state index contributed by atoms with van der Waals surface area (Å²) in [6, 6.07) is 4.30. The lowest BCUT2D eigenvalue weighted by Gasteiger charge is -2.22.